The Bertz CT molecular complexity index is 562. The molecule has 0 bridgehead atoms. The summed E-state index contributed by atoms with van der Waals surface area (Å²) in [6.45, 7) is 3.02. The highest BCUT2D eigenvalue weighted by Crippen LogP contribution is 2.34. The highest BCUT2D eigenvalue weighted by molar-refractivity contribution is 7.19. The first-order valence-corrected chi connectivity index (χ1v) is 8.02. The van der Waals surface area contributed by atoms with Crippen molar-refractivity contribution < 1.29 is 0 Å². The van der Waals surface area contributed by atoms with Gasteiger partial charge in [0.1, 0.15) is 0 Å². The zero-order chi connectivity index (χ0) is 13.2. The molecule has 0 unspecified atom stereocenters. The summed E-state index contributed by atoms with van der Waals surface area (Å²) in [5, 5.41) is 5.60. The summed E-state index contributed by atoms with van der Waals surface area (Å²) in [5.41, 5.74) is 0. The van der Waals surface area contributed by atoms with E-state index in [0.29, 0.717) is 0 Å². The molecule has 1 heterocycles. The number of thiophene rings is 1. The van der Waals surface area contributed by atoms with Crippen molar-refractivity contribution in [2.75, 3.05) is 20.1 Å². The molecule has 1 aliphatic carbocycles. The topological polar surface area (TPSA) is 15.3 Å². The largest absolute Gasteiger partial charge is 0.311 e. The van der Waals surface area contributed by atoms with E-state index in [2.05, 4.69) is 35.5 Å². The molecule has 1 aliphatic rings. The Morgan fingerprint density at radius 1 is 1.37 bits per heavy atom. The van der Waals surface area contributed by atoms with Crippen LogP contribution in [-0.2, 0) is 6.54 Å². The third-order valence-electron chi connectivity index (χ3n) is 3.70. The van der Waals surface area contributed by atoms with Gasteiger partial charge in [-0.2, -0.15) is 0 Å². The molecule has 0 atom stereocenters. The lowest BCUT2D eigenvalue weighted by Gasteiger charge is -2.15. The van der Waals surface area contributed by atoms with E-state index in [1.54, 1.807) is 11.3 Å². The summed E-state index contributed by atoms with van der Waals surface area (Å²) < 4.78 is 1.28. The van der Waals surface area contributed by atoms with E-state index in [1.165, 1.54) is 27.8 Å². The fraction of sp³-hybridized carbons (Fsp3) is 0.467. The Balaban J connectivity index is 1.54. The fourth-order valence-electron chi connectivity index (χ4n) is 2.33. The standard InChI is InChI=1S/C15H19ClN2S/c1-18(11-6-7-11)9-8-17-10-14-15(16)12-4-2-3-5-13(12)19-14/h2-5,11,17H,6-10H2,1H3. The van der Waals surface area contributed by atoms with E-state index < -0.39 is 0 Å². The van der Waals surface area contributed by atoms with Crippen LogP contribution in [0.25, 0.3) is 10.1 Å². The molecule has 0 saturated heterocycles. The van der Waals surface area contributed by atoms with Gasteiger partial charge in [0.2, 0.25) is 0 Å². The Morgan fingerprint density at radius 2 is 2.16 bits per heavy atom. The molecule has 1 aromatic carbocycles. The molecule has 4 heteroatoms. The first-order chi connectivity index (χ1) is 9.25. The lowest BCUT2D eigenvalue weighted by molar-refractivity contribution is 0.322. The highest BCUT2D eigenvalue weighted by Gasteiger charge is 2.25. The SMILES string of the molecule is CN(CCNCc1sc2ccccc2c1Cl)C1CC1. The summed E-state index contributed by atoms with van der Waals surface area (Å²) in [6, 6.07) is 9.18. The van der Waals surface area contributed by atoms with Crippen molar-refractivity contribution in [1.29, 1.82) is 0 Å². The van der Waals surface area contributed by atoms with E-state index in [9.17, 15) is 0 Å². The summed E-state index contributed by atoms with van der Waals surface area (Å²) in [6.07, 6.45) is 2.75. The molecular formula is C15H19ClN2S. The smallest absolute Gasteiger partial charge is 0.0636 e. The molecule has 0 aliphatic heterocycles. The lowest BCUT2D eigenvalue weighted by Crippen LogP contribution is -2.30. The minimum Gasteiger partial charge on any atom is -0.311 e. The molecule has 1 fully saturated rings. The highest BCUT2D eigenvalue weighted by atomic mass is 35.5. The summed E-state index contributed by atoms with van der Waals surface area (Å²) in [5.74, 6) is 0. The quantitative estimate of drug-likeness (QED) is 0.817. The molecule has 1 N–H and O–H groups in total. The van der Waals surface area contributed by atoms with Crippen LogP contribution in [0, 0.1) is 0 Å². The average molecular weight is 295 g/mol. The number of rotatable bonds is 6. The minimum atomic E-state index is 0.842. The van der Waals surface area contributed by atoms with Gasteiger partial charge in [0.15, 0.2) is 0 Å². The van der Waals surface area contributed by atoms with Crippen molar-refractivity contribution in [3.05, 3.63) is 34.2 Å². The lowest BCUT2D eigenvalue weighted by atomic mass is 10.2. The molecule has 2 nitrogen and oxygen atoms in total. The second-order valence-corrected chi connectivity index (χ2v) is 6.74. The van der Waals surface area contributed by atoms with Crippen LogP contribution < -0.4 is 5.32 Å². The number of nitrogens with one attached hydrogen (secondary N) is 1. The van der Waals surface area contributed by atoms with Crippen molar-refractivity contribution in [1.82, 2.24) is 10.2 Å². The average Bonchev–Trinajstić information content (AvgIpc) is 3.22. The molecule has 3 rings (SSSR count). The number of hydrogen-bond acceptors (Lipinski definition) is 3. The number of nitrogens with zero attached hydrogens (tertiary/aromatic N) is 1. The van der Waals surface area contributed by atoms with Crippen molar-refractivity contribution in [3.63, 3.8) is 0 Å². The van der Waals surface area contributed by atoms with E-state index >= 15 is 0 Å². The minimum absolute atomic E-state index is 0.842. The second kappa shape index (κ2) is 5.80. The van der Waals surface area contributed by atoms with Crippen molar-refractivity contribution in [2.24, 2.45) is 0 Å². The molecule has 1 saturated carbocycles. The maximum absolute atomic E-state index is 6.42. The first kappa shape index (κ1) is 13.4. The van der Waals surface area contributed by atoms with Crippen molar-refractivity contribution in [2.45, 2.75) is 25.4 Å². The van der Waals surface area contributed by atoms with Gasteiger partial charge in [-0.05, 0) is 26.0 Å². The van der Waals surface area contributed by atoms with Crippen LogP contribution in [0.2, 0.25) is 5.02 Å². The molecular weight excluding hydrogens is 276 g/mol. The van der Waals surface area contributed by atoms with Crippen LogP contribution in [0.4, 0.5) is 0 Å². The first-order valence-electron chi connectivity index (χ1n) is 6.82. The monoisotopic (exact) mass is 294 g/mol. The number of halogens is 1. The predicted molar refractivity (Wildman–Crippen MR) is 84.2 cm³/mol. The molecule has 102 valence electrons. The van der Waals surface area contributed by atoms with Gasteiger partial charge in [0, 0.05) is 40.6 Å². The van der Waals surface area contributed by atoms with Crippen LogP contribution in [0.1, 0.15) is 17.7 Å². The molecule has 0 amide bonds. The van der Waals surface area contributed by atoms with Gasteiger partial charge in [0.05, 0.1) is 5.02 Å². The van der Waals surface area contributed by atoms with Gasteiger partial charge in [-0.3, -0.25) is 0 Å². The van der Waals surface area contributed by atoms with Gasteiger partial charge in [-0.25, -0.2) is 0 Å². The Labute approximate surface area is 123 Å². The molecule has 0 radical (unpaired) electrons. The zero-order valence-electron chi connectivity index (χ0n) is 11.2. The Hall–Kier alpha value is -0.610. The summed E-state index contributed by atoms with van der Waals surface area (Å²) in [7, 11) is 2.21. The van der Waals surface area contributed by atoms with E-state index in [0.717, 1.165) is 30.7 Å². The van der Waals surface area contributed by atoms with Crippen LogP contribution in [-0.4, -0.2) is 31.1 Å². The van der Waals surface area contributed by atoms with Crippen LogP contribution >= 0.6 is 22.9 Å². The van der Waals surface area contributed by atoms with Gasteiger partial charge in [-0.1, -0.05) is 29.8 Å². The van der Waals surface area contributed by atoms with Gasteiger partial charge in [0.25, 0.3) is 0 Å². The van der Waals surface area contributed by atoms with Crippen LogP contribution in [0.15, 0.2) is 24.3 Å². The zero-order valence-corrected chi connectivity index (χ0v) is 12.7. The molecule has 0 spiro atoms. The summed E-state index contributed by atoms with van der Waals surface area (Å²) in [4.78, 5) is 3.69. The second-order valence-electron chi connectivity index (χ2n) is 5.22. The maximum atomic E-state index is 6.42. The van der Waals surface area contributed by atoms with Crippen molar-refractivity contribution in [3.8, 4) is 0 Å². The number of likely N-dealkylation sites (N-methyl/N-ethyl adjacent to an activating group) is 1. The normalized spacial score (nSPS) is 15.5. The predicted octanol–water partition coefficient (Wildman–Crippen LogP) is 3.74. The van der Waals surface area contributed by atoms with Gasteiger partial charge >= 0.3 is 0 Å². The Morgan fingerprint density at radius 3 is 2.89 bits per heavy atom. The number of benzene rings is 1. The summed E-state index contributed by atoms with van der Waals surface area (Å²) >= 11 is 8.21. The van der Waals surface area contributed by atoms with Gasteiger partial charge in [-0.15, -0.1) is 11.3 Å². The third kappa shape index (κ3) is 3.11. The van der Waals surface area contributed by atoms with Crippen LogP contribution in [0.3, 0.4) is 0 Å². The van der Waals surface area contributed by atoms with Crippen molar-refractivity contribution >= 4 is 33.0 Å². The van der Waals surface area contributed by atoms with Gasteiger partial charge < -0.3 is 10.2 Å². The number of hydrogen-bond donors (Lipinski definition) is 1. The van der Waals surface area contributed by atoms with Crippen LogP contribution in [0.5, 0.6) is 0 Å². The molecule has 19 heavy (non-hydrogen) atoms. The number of fused-ring (bicyclic) bond motifs is 1. The van der Waals surface area contributed by atoms with E-state index in [-0.39, 0.29) is 0 Å². The molecule has 2 aromatic rings. The fourth-order valence-corrected chi connectivity index (χ4v) is 3.80. The Kier molecular flexibility index (Phi) is 4.08. The third-order valence-corrected chi connectivity index (χ3v) is 5.41. The van der Waals surface area contributed by atoms with E-state index in [4.69, 9.17) is 11.6 Å². The molecule has 1 aromatic heterocycles. The maximum Gasteiger partial charge on any atom is 0.0636 e. The van der Waals surface area contributed by atoms with E-state index in [1.807, 2.05) is 6.07 Å².